The monoisotopic (exact) mass is 681 g/mol. The summed E-state index contributed by atoms with van der Waals surface area (Å²) in [6.45, 7) is 11.6. The molecule has 4 heterocycles. The predicted octanol–water partition coefficient (Wildman–Crippen LogP) is 6.18. The molecule has 1 N–H and O–H groups in total. The molecule has 11 nitrogen and oxygen atoms in total. The van der Waals surface area contributed by atoms with Gasteiger partial charge in [-0.2, -0.15) is 4.98 Å². The third-order valence-electron chi connectivity index (χ3n) is 9.78. The maximum atomic E-state index is 14.5. The highest BCUT2D eigenvalue weighted by atomic mass is 32.2. The van der Waals surface area contributed by atoms with Gasteiger partial charge in [-0.1, -0.05) is 51.5 Å². The molecule has 256 valence electrons. The van der Waals surface area contributed by atoms with Gasteiger partial charge in [0.1, 0.15) is 12.4 Å². The lowest BCUT2D eigenvalue weighted by Gasteiger charge is -2.45. The van der Waals surface area contributed by atoms with Crippen molar-refractivity contribution in [3.8, 4) is 17.1 Å². The Morgan fingerprint density at radius 2 is 1.76 bits per heavy atom. The standard InChI is InChI=1S/C37H43N7O4S/c1-23-9-6-10-24(2)34(23)30-16-33-41-36(40-30)42-49(46,47)29-13-7-11-25(15-29)35(45)43(28(22-48-33)17-37(3,4)5)21-27-18-38-19-32(39-27)44-20-26-12-8-14-31(26)44/h6-7,9-11,13,15-16,18-19,26,28,31H,8,12,14,17,20-22H2,1-5H3,(H,40,41,42)/t26-,28-,31-/m1/s1. The zero-order chi connectivity index (χ0) is 34.5. The Bertz CT molecular complexity index is 1990. The summed E-state index contributed by atoms with van der Waals surface area (Å²) in [5.74, 6) is 1.31. The molecule has 0 spiro atoms. The van der Waals surface area contributed by atoms with E-state index in [1.165, 1.54) is 25.0 Å². The number of benzene rings is 2. The molecule has 2 aromatic heterocycles. The van der Waals surface area contributed by atoms with Crippen molar-refractivity contribution in [1.29, 1.82) is 0 Å². The third-order valence-corrected chi connectivity index (χ3v) is 11.1. The van der Waals surface area contributed by atoms with Gasteiger partial charge in [-0.25, -0.2) is 23.1 Å². The number of amides is 1. The normalized spacial score (nSPS) is 21.7. The molecule has 1 saturated heterocycles. The fraction of sp³-hybridized carbons (Fsp3) is 0.432. The zero-order valence-corrected chi connectivity index (χ0v) is 29.5. The topological polar surface area (TPSA) is 131 Å². The third kappa shape index (κ3) is 6.83. The van der Waals surface area contributed by atoms with Gasteiger partial charge < -0.3 is 14.5 Å². The van der Waals surface area contributed by atoms with Gasteiger partial charge in [-0.05, 0) is 73.8 Å². The second-order valence-corrected chi connectivity index (χ2v) is 16.4. The second kappa shape index (κ2) is 12.7. The van der Waals surface area contributed by atoms with Crippen LogP contribution in [-0.2, 0) is 16.6 Å². The predicted molar refractivity (Wildman–Crippen MR) is 188 cm³/mol. The molecule has 3 atom stereocenters. The molecule has 7 rings (SSSR count). The first kappa shape index (κ1) is 32.9. The van der Waals surface area contributed by atoms with Crippen molar-refractivity contribution in [2.45, 2.75) is 83.8 Å². The number of nitrogens with one attached hydrogen (secondary N) is 1. The summed E-state index contributed by atoms with van der Waals surface area (Å²) in [6.07, 6.45) is 7.76. The van der Waals surface area contributed by atoms with Crippen LogP contribution in [-0.4, -0.2) is 64.4 Å². The largest absolute Gasteiger partial charge is 0.475 e. The molecule has 2 aromatic carbocycles. The average molecular weight is 682 g/mol. The van der Waals surface area contributed by atoms with Crippen LogP contribution < -0.4 is 14.4 Å². The number of aryl methyl sites for hydroxylation is 2. The molecule has 2 fully saturated rings. The van der Waals surface area contributed by atoms with Gasteiger partial charge in [0.15, 0.2) is 0 Å². The molecule has 4 bridgehead atoms. The second-order valence-electron chi connectivity index (χ2n) is 14.8. The summed E-state index contributed by atoms with van der Waals surface area (Å²) in [7, 11) is -4.17. The van der Waals surface area contributed by atoms with E-state index in [0.29, 0.717) is 23.9 Å². The van der Waals surface area contributed by atoms with Crippen LogP contribution in [0.2, 0.25) is 0 Å². The van der Waals surface area contributed by atoms with Gasteiger partial charge in [-0.15, -0.1) is 0 Å². The zero-order valence-electron chi connectivity index (χ0n) is 28.7. The number of anilines is 2. The highest BCUT2D eigenvalue weighted by molar-refractivity contribution is 7.92. The number of rotatable bonds is 5. The molecule has 0 unspecified atom stereocenters. The van der Waals surface area contributed by atoms with Gasteiger partial charge in [0, 0.05) is 29.8 Å². The van der Waals surface area contributed by atoms with Gasteiger partial charge in [0.25, 0.3) is 15.9 Å². The Morgan fingerprint density at radius 1 is 0.980 bits per heavy atom. The number of carbonyl (C=O) groups excluding carboxylic acids is 1. The minimum Gasteiger partial charge on any atom is -0.475 e. The molecule has 0 radical (unpaired) electrons. The van der Waals surface area contributed by atoms with Crippen molar-refractivity contribution >= 4 is 27.7 Å². The smallest absolute Gasteiger partial charge is 0.264 e. The van der Waals surface area contributed by atoms with E-state index in [1.54, 1.807) is 35.5 Å². The number of sulfonamides is 1. The van der Waals surface area contributed by atoms with Crippen LogP contribution in [0.3, 0.4) is 0 Å². The molecule has 49 heavy (non-hydrogen) atoms. The number of carbonyl (C=O) groups is 1. The summed E-state index contributed by atoms with van der Waals surface area (Å²) < 4.78 is 36.4. The van der Waals surface area contributed by atoms with Gasteiger partial charge >= 0.3 is 0 Å². The van der Waals surface area contributed by atoms with Crippen LogP contribution in [0.4, 0.5) is 11.8 Å². The van der Waals surface area contributed by atoms with E-state index in [-0.39, 0.29) is 46.8 Å². The van der Waals surface area contributed by atoms with E-state index in [9.17, 15) is 13.2 Å². The fourth-order valence-electron chi connectivity index (χ4n) is 7.48. The SMILES string of the molecule is Cc1cccc(C)c1-c1cc2nc(n1)NS(=O)(=O)c1cccc(c1)C(=O)N(Cc1cncc(N3C[C@H]4CCC[C@H]43)n1)[C@H](CC(C)(C)C)CO2. The summed E-state index contributed by atoms with van der Waals surface area (Å²) in [4.78, 5) is 37.2. The highest BCUT2D eigenvalue weighted by Gasteiger charge is 2.43. The first-order valence-electron chi connectivity index (χ1n) is 16.9. The molecule has 1 aliphatic carbocycles. The van der Waals surface area contributed by atoms with Crippen LogP contribution >= 0.6 is 0 Å². The Morgan fingerprint density at radius 3 is 2.51 bits per heavy atom. The average Bonchev–Trinajstić information content (AvgIpc) is 3.40. The van der Waals surface area contributed by atoms with Crippen LogP contribution in [0.15, 0.2) is 65.8 Å². The lowest BCUT2D eigenvalue weighted by atomic mass is 9.87. The van der Waals surface area contributed by atoms with Gasteiger partial charge in [-0.3, -0.25) is 9.78 Å². The molecule has 1 amide bonds. The van der Waals surface area contributed by atoms with E-state index in [0.717, 1.165) is 41.4 Å². The number of nitrogens with zero attached hydrogens (tertiary/aromatic N) is 6. The number of ether oxygens (including phenoxy) is 1. The van der Waals surface area contributed by atoms with E-state index < -0.39 is 16.1 Å². The highest BCUT2D eigenvalue weighted by Crippen LogP contribution is 2.41. The lowest BCUT2D eigenvalue weighted by Crippen LogP contribution is -2.54. The first-order valence-corrected chi connectivity index (χ1v) is 18.4. The summed E-state index contributed by atoms with van der Waals surface area (Å²) in [6, 6.07) is 13.8. The minimum absolute atomic E-state index is 0.0702. The maximum absolute atomic E-state index is 14.5. The van der Waals surface area contributed by atoms with Crippen molar-refractivity contribution in [2.24, 2.45) is 11.3 Å². The van der Waals surface area contributed by atoms with Gasteiger partial charge in [0.2, 0.25) is 11.8 Å². The molecule has 12 heteroatoms. The van der Waals surface area contributed by atoms with Crippen LogP contribution in [0, 0.1) is 25.2 Å². The quantitative estimate of drug-likeness (QED) is 0.262. The van der Waals surface area contributed by atoms with Crippen molar-refractivity contribution in [3.05, 3.63) is 83.3 Å². The molecule has 1 saturated carbocycles. The summed E-state index contributed by atoms with van der Waals surface area (Å²) >= 11 is 0. The van der Waals surface area contributed by atoms with Crippen LogP contribution in [0.25, 0.3) is 11.3 Å². The maximum Gasteiger partial charge on any atom is 0.264 e. The van der Waals surface area contributed by atoms with Crippen molar-refractivity contribution < 1.29 is 17.9 Å². The molecular weight excluding hydrogens is 639 g/mol. The van der Waals surface area contributed by atoms with Crippen LogP contribution in [0.1, 0.15) is 73.6 Å². The molecule has 4 aromatic rings. The lowest BCUT2D eigenvalue weighted by molar-refractivity contribution is 0.0509. The van der Waals surface area contributed by atoms with E-state index in [1.807, 2.05) is 32.0 Å². The number of hydrogen-bond donors (Lipinski definition) is 1. The van der Waals surface area contributed by atoms with Crippen LogP contribution in [0.5, 0.6) is 5.88 Å². The van der Waals surface area contributed by atoms with Crippen molar-refractivity contribution in [2.75, 3.05) is 22.8 Å². The Hall–Kier alpha value is -4.58. The first-order chi connectivity index (χ1) is 23.3. The summed E-state index contributed by atoms with van der Waals surface area (Å²) in [5.41, 5.74) is 4.08. The molecular formula is C37H43N7O4S. The number of aromatic nitrogens is 4. The van der Waals surface area contributed by atoms with Crippen molar-refractivity contribution in [3.63, 3.8) is 0 Å². The van der Waals surface area contributed by atoms with E-state index in [4.69, 9.17) is 9.72 Å². The van der Waals surface area contributed by atoms with Crippen molar-refractivity contribution in [1.82, 2.24) is 24.8 Å². The Labute approximate surface area is 288 Å². The minimum atomic E-state index is -4.17. The number of fused-ring (bicyclic) bond motifs is 5. The fourth-order valence-corrected chi connectivity index (χ4v) is 8.47. The number of hydrogen-bond acceptors (Lipinski definition) is 9. The Balaban J connectivity index is 1.31. The van der Waals surface area contributed by atoms with Gasteiger partial charge in [0.05, 0.1) is 41.3 Å². The van der Waals surface area contributed by atoms with E-state index >= 15 is 0 Å². The summed E-state index contributed by atoms with van der Waals surface area (Å²) in [5, 5.41) is 0. The Kier molecular flexibility index (Phi) is 8.54. The molecule has 3 aliphatic rings. The molecule has 2 aliphatic heterocycles. The van der Waals surface area contributed by atoms with E-state index in [2.05, 4.69) is 45.3 Å².